The minimum Gasteiger partial charge on any atom is -0.347 e. The molecular weight excluding hydrogens is 294 g/mol. The van der Waals surface area contributed by atoms with Crippen LogP contribution in [0.25, 0.3) is 11.3 Å². The van der Waals surface area contributed by atoms with Crippen LogP contribution in [0, 0.1) is 6.92 Å². The molecule has 0 saturated heterocycles. The van der Waals surface area contributed by atoms with E-state index in [1.54, 1.807) is 30.3 Å². The zero-order valence-corrected chi connectivity index (χ0v) is 13.3. The average molecular weight is 311 g/mol. The van der Waals surface area contributed by atoms with E-state index in [1.807, 2.05) is 54.9 Å². The SMILES string of the molecule is Cc1c(S(=O)(=O)c2ccccc2)cc(-c2ccccc2)n1C. The van der Waals surface area contributed by atoms with Crippen LogP contribution in [0.3, 0.4) is 0 Å². The fraction of sp³-hybridized carbons (Fsp3) is 0.111. The Morgan fingerprint density at radius 2 is 1.41 bits per heavy atom. The highest BCUT2D eigenvalue weighted by atomic mass is 32.2. The Morgan fingerprint density at radius 3 is 2.00 bits per heavy atom. The average Bonchev–Trinajstić information content (AvgIpc) is 2.86. The van der Waals surface area contributed by atoms with E-state index in [1.165, 1.54) is 0 Å². The molecule has 3 nitrogen and oxygen atoms in total. The van der Waals surface area contributed by atoms with Crippen molar-refractivity contribution in [2.75, 3.05) is 0 Å². The molecule has 1 aromatic heterocycles. The molecule has 112 valence electrons. The molecule has 4 heteroatoms. The molecule has 0 bridgehead atoms. The van der Waals surface area contributed by atoms with E-state index >= 15 is 0 Å². The monoisotopic (exact) mass is 311 g/mol. The molecule has 22 heavy (non-hydrogen) atoms. The summed E-state index contributed by atoms with van der Waals surface area (Å²) in [5.41, 5.74) is 2.64. The van der Waals surface area contributed by atoms with Crippen molar-refractivity contribution in [2.24, 2.45) is 7.05 Å². The van der Waals surface area contributed by atoms with Crippen LogP contribution in [0.5, 0.6) is 0 Å². The van der Waals surface area contributed by atoms with Crippen molar-refractivity contribution >= 4 is 9.84 Å². The van der Waals surface area contributed by atoms with Crippen molar-refractivity contribution in [3.63, 3.8) is 0 Å². The van der Waals surface area contributed by atoms with Gasteiger partial charge in [-0.25, -0.2) is 8.42 Å². The Morgan fingerprint density at radius 1 is 0.864 bits per heavy atom. The van der Waals surface area contributed by atoms with E-state index in [9.17, 15) is 8.42 Å². The molecule has 0 atom stereocenters. The molecule has 3 rings (SSSR count). The van der Waals surface area contributed by atoms with Gasteiger partial charge in [0.1, 0.15) is 0 Å². The Kier molecular flexibility index (Phi) is 3.62. The van der Waals surface area contributed by atoms with Crippen molar-refractivity contribution < 1.29 is 8.42 Å². The smallest absolute Gasteiger partial charge is 0.208 e. The van der Waals surface area contributed by atoms with E-state index in [0.717, 1.165) is 17.0 Å². The first-order valence-corrected chi connectivity index (χ1v) is 8.52. The third-order valence-corrected chi connectivity index (χ3v) is 5.79. The second-order valence-corrected chi connectivity index (χ2v) is 7.14. The summed E-state index contributed by atoms with van der Waals surface area (Å²) in [6.45, 7) is 1.84. The summed E-state index contributed by atoms with van der Waals surface area (Å²) in [6.07, 6.45) is 0. The standard InChI is InChI=1S/C18H17NO2S/c1-14-18(22(20,21)16-11-7-4-8-12-16)13-17(19(14)2)15-9-5-3-6-10-15/h3-13H,1-2H3. The van der Waals surface area contributed by atoms with Gasteiger partial charge in [-0.3, -0.25) is 0 Å². The number of benzene rings is 2. The van der Waals surface area contributed by atoms with Crippen LogP contribution in [0.1, 0.15) is 5.69 Å². The van der Waals surface area contributed by atoms with Crippen LogP contribution in [0.2, 0.25) is 0 Å². The van der Waals surface area contributed by atoms with Gasteiger partial charge in [-0.2, -0.15) is 0 Å². The van der Waals surface area contributed by atoms with Crippen molar-refractivity contribution in [3.8, 4) is 11.3 Å². The minimum absolute atomic E-state index is 0.323. The largest absolute Gasteiger partial charge is 0.347 e. The van der Waals surface area contributed by atoms with Crippen molar-refractivity contribution in [3.05, 3.63) is 72.4 Å². The predicted octanol–water partition coefficient (Wildman–Crippen LogP) is 3.83. The van der Waals surface area contributed by atoms with Gasteiger partial charge in [0.15, 0.2) is 0 Å². The number of aromatic nitrogens is 1. The molecule has 0 spiro atoms. The van der Waals surface area contributed by atoms with Gasteiger partial charge in [-0.05, 0) is 30.7 Å². The number of hydrogen-bond donors (Lipinski definition) is 0. The Balaban J connectivity index is 2.18. The second-order valence-electron chi connectivity index (χ2n) is 5.22. The van der Waals surface area contributed by atoms with Crippen LogP contribution in [0.4, 0.5) is 0 Å². The topological polar surface area (TPSA) is 39.1 Å². The first kappa shape index (κ1) is 14.6. The molecule has 0 unspecified atom stereocenters. The van der Waals surface area contributed by atoms with Crippen molar-refractivity contribution in [1.82, 2.24) is 4.57 Å². The van der Waals surface area contributed by atoms with Crippen molar-refractivity contribution in [2.45, 2.75) is 16.7 Å². The normalized spacial score (nSPS) is 11.5. The van der Waals surface area contributed by atoms with Crippen LogP contribution in [-0.2, 0) is 16.9 Å². The van der Waals surface area contributed by atoms with E-state index in [2.05, 4.69) is 0 Å². The molecule has 0 saturated carbocycles. The summed E-state index contributed by atoms with van der Waals surface area (Å²) in [5, 5.41) is 0. The fourth-order valence-corrected chi connectivity index (χ4v) is 4.12. The quantitative estimate of drug-likeness (QED) is 0.737. The summed E-state index contributed by atoms with van der Waals surface area (Å²) in [6, 6.07) is 20.1. The van der Waals surface area contributed by atoms with Crippen LogP contribution >= 0.6 is 0 Å². The number of rotatable bonds is 3. The molecule has 0 aliphatic rings. The maximum absolute atomic E-state index is 12.8. The second kappa shape index (κ2) is 5.46. The van der Waals surface area contributed by atoms with Gasteiger partial charge < -0.3 is 4.57 Å². The zero-order chi connectivity index (χ0) is 15.7. The molecule has 2 aromatic carbocycles. The number of nitrogens with zero attached hydrogens (tertiary/aromatic N) is 1. The van der Waals surface area contributed by atoms with E-state index < -0.39 is 9.84 Å². The summed E-state index contributed by atoms with van der Waals surface area (Å²) >= 11 is 0. The van der Waals surface area contributed by atoms with Crippen LogP contribution < -0.4 is 0 Å². The summed E-state index contributed by atoms with van der Waals surface area (Å²) < 4.78 is 27.6. The van der Waals surface area contributed by atoms with Gasteiger partial charge in [-0.1, -0.05) is 48.5 Å². The summed E-state index contributed by atoms with van der Waals surface area (Å²) in [5.74, 6) is 0. The van der Waals surface area contributed by atoms with Crippen molar-refractivity contribution in [1.29, 1.82) is 0 Å². The summed E-state index contributed by atoms with van der Waals surface area (Å²) in [7, 11) is -1.61. The zero-order valence-electron chi connectivity index (χ0n) is 12.5. The third-order valence-electron chi connectivity index (χ3n) is 3.90. The van der Waals surface area contributed by atoms with E-state index in [-0.39, 0.29) is 0 Å². The Bertz CT molecular complexity index is 895. The first-order chi connectivity index (χ1) is 10.5. The minimum atomic E-state index is -3.50. The molecule has 1 heterocycles. The highest BCUT2D eigenvalue weighted by Crippen LogP contribution is 2.31. The molecule has 0 amide bonds. The maximum atomic E-state index is 12.8. The third kappa shape index (κ3) is 2.35. The van der Waals surface area contributed by atoms with Crippen LogP contribution in [-0.4, -0.2) is 13.0 Å². The molecular formula is C18H17NO2S. The van der Waals surface area contributed by atoms with Gasteiger partial charge in [0, 0.05) is 18.4 Å². The number of sulfone groups is 1. The first-order valence-electron chi connectivity index (χ1n) is 7.03. The number of hydrogen-bond acceptors (Lipinski definition) is 2. The summed E-state index contributed by atoms with van der Waals surface area (Å²) in [4.78, 5) is 0.684. The molecule has 0 aliphatic carbocycles. The van der Waals surface area contributed by atoms with Gasteiger partial charge in [-0.15, -0.1) is 0 Å². The molecule has 0 aliphatic heterocycles. The molecule has 0 N–H and O–H groups in total. The van der Waals surface area contributed by atoms with Gasteiger partial charge >= 0.3 is 0 Å². The van der Waals surface area contributed by atoms with Gasteiger partial charge in [0.25, 0.3) is 0 Å². The maximum Gasteiger partial charge on any atom is 0.208 e. The Hall–Kier alpha value is -2.33. The molecule has 0 radical (unpaired) electrons. The van der Waals surface area contributed by atoms with E-state index in [0.29, 0.717) is 9.79 Å². The molecule has 3 aromatic rings. The lowest BCUT2D eigenvalue weighted by Crippen LogP contribution is -2.03. The highest BCUT2D eigenvalue weighted by molar-refractivity contribution is 7.91. The predicted molar refractivity (Wildman–Crippen MR) is 87.5 cm³/mol. The van der Waals surface area contributed by atoms with Crippen LogP contribution in [0.15, 0.2) is 76.5 Å². The van der Waals surface area contributed by atoms with Gasteiger partial charge in [0.05, 0.1) is 9.79 Å². The highest BCUT2D eigenvalue weighted by Gasteiger charge is 2.23. The Labute approximate surface area is 130 Å². The lowest BCUT2D eigenvalue weighted by atomic mass is 10.1. The lowest BCUT2D eigenvalue weighted by molar-refractivity contribution is 0.595. The molecule has 0 fully saturated rings. The van der Waals surface area contributed by atoms with Gasteiger partial charge in [0.2, 0.25) is 9.84 Å². The lowest BCUT2D eigenvalue weighted by Gasteiger charge is -2.05. The van der Waals surface area contributed by atoms with E-state index in [4.69, 9.17) is 0 Å². The fourth-order valence-electron chi connectivity index (χ4n) is 2.56.